The predicted octanol–water partition coefficient (Wildman–Crippen LogP) is 2.53. The number of hydrogen-bond donors (Lipinski definition) is 1. The lowest BCUT2D eigenvalue weighted by atomic mass is 9.94. The van der Waals surface area contributed by atoms with Crippen molar-refractivity contribution in [3.05, 3.63) is 0 Å². The molecule has 1 fully saturated rings. The van der Waals surface area contributed by atoms with Gasteiger partial charge in [0.25, 0.3) is 0 Å². The average Bonchev–Trinajstić information content (AvgIpc) is 2.47. The first-order valence-electron chi connectivity index (χ1n) is 4.91. The third-order valence-electron chi connectivity index (χ3n) is 3.21. The van der Waals surface area contributed by atoms with Gasteiger partial charge in [-0.3, -0.25) is 4.79 Å². The zero-order valence-electron chi connectivity index (χ0n) is 7.92. The van der Waals surface area contributed by atoms with E-state index < -0.39 is 5.97 Å². The SMILES string of the molecule is CCC1CC(CC)C(C(=O)O)C1. The fourth-order valence-corrected chi connectivity index (χ4v) is 2.33. The normalized spacial score (nSPS) is 35.3. The van der Waals surface area contributed by atoms with Crippen LogP contribution in [-0.4, -0.2) is 11.1 Å². The zero-order chi connectivity index (χ0) is 9.14. The smallest absolute Gasteiger partial charge is 0.306 e. The monoisotopic (exact) mass is 170 g/mol. The molecule has 0 spiro atoms. The molecule has 0 aromatic rings. The van der Waals surface area contributed by atoms with Crippen molar-refractivity contribution in [3.8, 4) is 0 Å². The largest absolute Gasteiger partial charge is 0.481 e. The van der Waals surface area contributed by atoms with Crippen LogP contribution < -0.4 is 0 Å². The lowest BCUT2D eigenvalue weighted by Gasteiger charge is -2.11. The van der Waals surface area contributed by atoms with Gasteiger partial charge in [-0.25, -0.2) is 0 Å². The van der Waals surface area contributed by atoms with Crippen LogP contribution in [0.2, 0.25) is 0 Å². The highest BCUT2D eigenvalue weighted by Gasteiger charge is 2.36. The van der Waals surface area contributed by atoms with E-state index in [1.807, 2.05) is 0 Å². The van der Waals surface area contributed by atoms with Gasteiger partial charge in [0.05, 0.1) is 5.92 Å². The van der Waals surface area contributed by atoms with Crippen molar-refractivity contribution in [2.45, 2.75) is 39.5 Å². The molecule has 1 aliphatic carbocycles. The maximum Gasteiger partial charge on any atom is 0.306 e. The molecular weight excluding hydrogens is 152 g/mol. The van der Waals surface area contributed by atoms with Crippen LogP contribution in [0.5, 0.6) is 0 Å². The van der Waals surface area contributed by atoms with Crippen molar-refractivity contribution in [1.29, 1.82) is 0 Å². The zero-order valence-corrected chi connectivity index (χ0v) is 7.92. The molecule has 3 atom stereocenters. The van der Waals surface area contributed by atoms with E-state index in [0.717, 1.165) is 25.7 Å². The molecule has 1 saturated carbocycles. The Morgan fingerprint density at radius 2 is 2.00 bits per heavy atom. The summed E-state index contributed by atoms with van der Waals surface area (Å²) in [4.78, 5) is 10.8. The summed E-state index contributed by atoms with van der Waals surface area (Å²) in [6, 6.07) is 0. The molecule has 3 unspecified atom stereocenters. The fraction of sp³-hybridized carbons (Fsp3) is 0.900. The average molecular weight is 170 g/mol. The first-order valence-corrected chi connectivity index (χ1v) is 4.91. The van der Waals surface area contributed by atoms with Crippen LogP contribution >= 0.6 is 0 Å². The summed E-state index contributed by atoms with van der Waals surface area (Å²) in [5.74, 6) is 0.459. The minimum atomic E-state index is -0.585. The highest BCUT2D eigenvalue weighted by atomic mass is 16.4. The van der Waals surface area contributed by atoms with Crippen molar-refractivity contribution < 1.29 is 9.90 Å². The summed E-state index contributed by atoms with van der Waals surface area (Å²) in [6.07, 6.45) is 4.20. The second kappa shape index (κ2) is 3.92. The molecular formula is C10H18O2. The number of carboxylic acids is 1. The van der Waals surface area contributed by atoms with Gasteiger partial charge >= 0.3 is 5.97 Å². The lowest BCUT2D eigenvalue weighted by molar-refractivity contribution is -0.143. The second-order valence-corrected chi connectivity index (χ2v) is 3.86. The van der Waals surface area contributed by atoms with E-state index in [-0.39, 0.29) is 5.92 Å². The number of hydrogen-bond acceptors (Lipinski definition) is 1. The van der Waals surface area contributed by atoms with Crippen LogP contribution in [0.1, 0.15) is 39.5 Å². The maximum atomic E-state index is 10.8. The third-order valence-corrected chi connectivity index (χ3v) is 3.21. The van der Waals surface area contributed by atoms with E-state index in [1.54, 1.807) is 0 Å². The highest BCUT2D eigenvalue weighted by Crippen LogP contribution is 2.39. The number of carbonyl (C=O) groups is 1. The van der Waals surface area contributed by atoms with Gasteiger partial charge in [0.2, 0.25) is 0 Å². The van der Waals surface area contributed by atoms with Crippen molar-refractivity contribution in [2.75, 3.05) is 0 Å². The Morgan fingerprint density at radius 1 is 1.33 bits per heavy atom. The molecule has 0 aromatic carbocycles. The van der Waals surface area contributed by atoms with Gasteiger partial charge < -0.3 is 5.11 Å². The van der Waals surface area contributed by atoms with E-state index >= 15 is 0 Å². The summed E-state index contributed by atoms with van der Waals surface area (Å²) in [5, 5.41) is 8.93. The van der Waals surface area contributed by atoms with Crippen LogP contribution in [0, 0.1) is 17.8 Å². The molecule has 1 N–H and O–H groups in total. The van der Waals surface area contributed by atoms with Gasteiger partial charge in [-0.1, -0.05) is 26.7 Å². The summed E-state index contributed by atoms with van der Waals surface area (Å²) in [7, 11) is 0. The number of aliphatic carboxylic acids is 1. The van der Waals surface area contributed by atoms with E-state index in [9.17, 15) is 4.79 Å². The lowest BCUT2D eigenvalue weighted by Crippen LogP contribution is -2.17. The van der Waals surface area contributed by atoms with E-state index in [0.29, 0.717) is 11.8 Å². The predicted molar refractivity (Wildman–Crippen MR) is 47.9 cm³/mol. The van der Waals surface area contributed by atoms with Crippen LogP contribution in [0.3, 0.4) is 0 Å². The van der Waals surface area contributed by atoms with Gasteiger partial charge in [0.15, 0.2) is 0 Å². The van der Waals surface area contributed by atoms with Crippen LogP contribution in [0.4, 0.5) is 0 Å². The summed E-state index contributed by atoms with van der Waals surface area (Å²) < 4.78 is 0. The Bertz CT molecular complexity index is 165. The Morgan fingerprint density at radius 3 is 2.33 bits per heavy atom. The van der Waals surface area contributed by atoms with Crippen molar-refractivity contribution >= 4 is 5.97 Å². The molecule has 2 nitrogen and oxygen atoms in total. The first kappa shape index (κ1) is 9.56. The second-order valence-electron chi connectivity index (χ2n) is 3.86. The Labute approximate surface area is 74.0 Å². The van der Waals surface area contributed by atoms with Gasteiger partial charge in [0.1, 0.15) is 0 Å². The molecule has 0 saturated heterocycles. The van der Waals surface area contributed by atoms with Crippen LogP contribution in [-0.2, 0) is 4.79 Å². The topological polar surface area (TPSA) is 37.3 Å². The molecule has 0 heterocycles. The van der Waals surface area contributed by atoms with Crippen molar-refractivity contribution in [2.24, 2.45) is 17.8 Å². The fourth-order valence-electron chi connectivity index (χ4n) is 2.33. The molecule has 0 aromatic heterocycles. The van der Waals surface area contributed by atoms with Gasteiger partial charge in [-0.2, -0.15) is 0 Å². The Balaban J connectivity index is 2.56. The molecule has 0 radical (unpaired) electrons. The highest BCUT2D eigenvalue weighted by molar-refractivity contribution is 5.70. The van der Waals surface area contributed by atoms with E-state index in [1.165, 1.54) is 0 Å². The molecule has 1 aliphatic rings. The molecule has 2 heteroatoms. The number of rotatable bonds is 3. The molecule has 0 bridgehead atoms. The van der Waals surface area contributed by atoms with E-state index in [2.05, 4.69) is 13.8 Å². The summed E-state index contributed by atoms with van der Waals surface area (Å²) in [5.41, 5.74) is 0. The summed E-state index contributed by atoms with van der Waals surface area (Å²) >= 11 is 0. The van der Waals surface area contributed by atoms with Crippen molar-refractivity contribution in [3.63, 3.8) is 0 Å². The number of carboxylic acid groups (broad SMARTS) is 1. The van der Waals surface area contributed by atoms with Crippen LogP contribution in [0.15, 0.2) is 0 Å². The quantitative estimate of drug-likeness (QED) is 0.706. The van der Waals surface area contributed by atoms with Crippen molar-refractivity contribution in [1.82, 2.24) is 0 Å². The maximum absolute atomic E-state index is 10.8. The minimum absolute atomic E-state index is 0.0556. The van der Waals surface area contributed by atoms with Gasteiger partial charge in [0, 0.05) is 0 Å². The van der Waals surface area contributed by atoms with Gasteiger partial charge in [-0.05, 0) is 24.7 Å². The molecule has 0 amide bonds. The van der Waals surface area contributed by atoms with Crippen LogP contribution in [0.25, 0.3) is 0 Å². The molecule has 12 heavy (non-hydrogen) atoms. The van der Waals surface area contributed by atoms with E-state index in [4.69, 9.17) is 5.11 Å². The Hall–Kier alpha value is -0.530. The minimum Gasteiger partial charge on any atom is -0.481 e. The van der Waals surface area contributed by atoms with Gasteiger partial charge in [-0.15, -0.1) is 0 Å². The molecule has 1 rings (SSSR count). The first-order chi connectivity index (χ1) is 5.69. The molecule has 0 aliphatic heterocycles. The third kappa shape index (κ3) is 1.79. The molecule has 70 valence electrons. The standard InChI is InChI=1S/C10H18O2/c1-3-7-5-8(4-2)9(6-7)10(11)12/h7-9H,3-6H2,1-2H3,(H,11,12). The Kier molecular flexibility index (Phi) is 3.12. The summed E-state index contributed by atoms with van der Waals surface area (Å²) in [6.45, 7) is 4.25.